The number of aromatic nitrogens is 1. The largest absolute Gasteiger partial charge is 0.352 e. The molecule has 0 unspecified atom stereocenters. The van der Waals surface area contributed by atoms with E-state index >= 15 is 0 Å². The highest BCUT2D eigenvalue weighted by Gasteiger charge is 2.16. The fourth-order valence-electron chi connectivity index (χ4n) is 2.47. The molecule has 0 bridgehead atoms. The molecule has 7 heteroatoms. The first kappa shape index (κ1) is 18.9. The van der Waals surface area contributed by atoms with E-state index in [-0.39, 0.29) is 29.2 Å². The van der Waals surface area contributed by atoms with Crippen molar-refractivity contribution in [3.8, 4) is 0 Å². The van der Waals surface area contributed by atoms with Crippen molar-refractivity contribution in [2.45, 2.75) is 38.6 Å². The van der Waals surface area contributed by atoms with Crippen LogP contribution < -0.4 is 10.9 Å². The van der Waals surface area contributed by atoms with Crippen LogP contribution in [0.15, 0.2) is 40.0 Å². The highest BCUT2D eigenvalue weighted by molar-refractivity contribution is 7.91. The topological polar surface area (TPSA) is 96.1 Å². The van der Waals surface area contributed by atoms with Crippen LogP contribution in [0, 0.1) is 20.8 Å². The van der Waals surface area contributed by atoms with Gasteiger partial charge < -0.3 is 10.3 Å². The number of aryl methyl sites for hydroxylation is 3. The summed E-state index contributed by atoms with van der Waals surface area (Å²) in [6, 6.07) is 8.35. The molecule has 2 rings (SSSR count). The van der Waals surface area contributed by atoms with Crippen molar-refractivity contribution in [1.29, 1.82) is 0 Å². The summed E-state index contributed by atoms with van der Waals surface area (Å²) in [5.41, 5.74) is 2.73. The molecule has 0 spiro atoms. The summed E-state index contributed by atoms with van der Waals surface area (Å²) in [5.74, 6) is -0.680. The van der Waals surface area contributed by atoms with E-state index in [1.165, 1.54) is 12.1 Å². The second-order valence-corrected chi connectivity index (χ2v) is 8.21. The number of rotatable bonds is 6. The maximum atomic E-state index is 12.2. The van der Waals surface area contributed by atoms with E-state index in [0.717, 1.165) is 16.8 Å². The van der Waals surface area contributed by atoms with Gasteiger partial charge in [-0.1, -0.05) is 17.7 Å². The summed E-state index contributed by atoms with van der Waals surface area (Å²) in [6.07, 6.45) is -0.154. The highest BCUT2D eigenvalue weighted by atomic mass is 32.2. The zero-order valence-electron chi connectivity index (χ0n) is 14.5. The fraction of sp³-hybridized carbons (Fsp3) is 0.333. The number of hydrogen-bond donors (Lipinski definition) is 2. The zero-order chi connectivity index (χ0) is 18.6. The fourth-order valence-corrected chi connectivity index (χ4v) is 3.71. The summed E-state index contributed by atoms with van der Waals surface area (Å²) in [6.45, 7) is 5.53. The van der Waals surface area contributed by atoms with Crippen molar-refractivity contribution in [2.24, 2.45) is 0 Å². The summed E-state index contributed by atoms with van der Waals surface area (Å²) < 4.78 is 24.5. The molecule has 0 atom stereocenters. The lowest BCUT2D eigenvalue weighted by molar-refractivity contribution is -0.120. The molecule has 0 fully saturated rings. The molecular formula is C18H22N2O4S. The van der Waals surface area contributed by atoms with Gasteiger partial charge in [0, 0.05) is 24.2 Å². The smallest absolute Gasteiger partial charge is 0.253 e. The van der Waals surface area contributed by atoms with Gasteiger partial charge in [0.05, 0.1) is 10.6 Å². The predicted octanol–water partition coefficient (Wildman–Crippen LogP) is 1.78. The van der Waals surface area contributed by atoms with Gasteiger partial charge in [-0.3, -0.25) is 9.59 Å². The molecule has 6 nitrogen and oxygen atoms in total. The number of aromatic amines is 1. The van der Waals surface area contributed by atoms with E-state index in [1.54, 1.807) is 26.0 Å². The molecule has 1 aromatic heterocycles. The second-order valence-electron chi connectivity index (χ2n) is 6.10. The van der Waals surface area contributed by atoms with E-state index in [0.29, 0.717) is 5.56 Å². The van der Waals surface area contributed by atoms with Crippen molar-refractivity contribution in [3.63, 3.8) is 0 Å². The lowest BCUT2D eigenvalue weighted by Gasteiger charge is -2.09. The summed E-state index contributed by atoms with van der Waals surface area (Å²) in [4.78, 5) is 26.7. The number of benzene rings is 1. The Hall–Kier alpha value is -2.41. The molecule has 0 saturated heterocycles. The molecule has 1 amide bonds. The van der Waals surface area contributed by atoms with Crippen molar-refractivity contribution >= 4 is 15.7 Å². The number of amides is 1. The van der Waals surface area contributed by atoms with E-state index in [9.17, 15) is 18.0 Å². The second kappa shape index (κ2) is 7.65. The van der Waals surface area contributed by atoms with Gasteiger partial charge in [-0.05, 0) is 44.5 Å². The molecule has 2 N–H and O–H groups in total. The van der Waals surface area contributed by atoms with E-state index in [1.807, 2.05) is 13.0 Å². The Morgan fingerprint density at radius 3 is 2.36 bits per heavy atom. The SMILES string of the molecule is Cc1ccc(S(=O)(=O)CCC(=O)NCc2c(C)cc(C)[nH]c2=O)cc1. The Labute approximate surface area is 147 Å². The molecule has 0 aliphatic carbocycles. The van der Waals surface area contributed by atoms with Gasteiger partial charge in [-0.15, -0.1) is 0 Å². The normalized spacial score (nSPS) is 11.3. The molecule has 0 saturated carbocycles. The number of H-pyrrole nitrogens is 1. The van der Waals surface area contributed by atoms with Crippen LogP contribution in [0.1, 0.15) is 28.8 Å². The first-order valence-electron chi connectivity index (χ1n) is 7.94. The lowest BCUT2D eigenvalue weighted by atomic mass is 10.1. The Balaban J connectivity index is 1.95. The van der Waals surface area contributed by atoms with Crippen LogP contribution in [0.5, 0.6) is 0 Å². The van der Waals surface area contributed by atoms with Crippen molar-refractivity contribution in [2.75, 3.05) is 5.75 Å². The van der Waals surface area contributed by atoms with Gasteiger partial charge in [-0.25, -0.2) is 8.42 Å². The van der Waals surface area contributed by atoms with Crippen LogP contribution >= 0.6 is 0 Å². The van der Waals surface area contributed by atoms with Crippen LogP contribution in [0.2, 0.25) is 0 Å². The average Bonchev–Trinajstić information content (AvgIpc) is 2.52. The third-order valence-corrected chi connectivity index (χ3v) is 5.67. The van der Waals surface area contributed by atoms with Gasteiger partial charge in [-0.2, -0.15) is 0 Å². The van der Waals surface area contributed by atoms with Crippen LogP contribution in [0.3, 0.4) is 0 Å². The van der Waals surface area contributed by atoms with Crippen LogP contribution in [0.4, 0.5) is 0 Å². The Morgan fingerprint density at radius 1 is 1.12 bits per heavy atom. The molecule has 1 heterocycles. The van der Waals surface area contributed by atoms with Crippen LogP contribution in [-0.4, -0.2) is 25.1 Å². The van der Waals surface area contributed by atoms with E-state index in [4.69, 9.17) is 0 Å². The predicted molar refractivity (Wildman–Crippen MR) is 96.2 cm³/mol. The molecule has 1 aromatic carbocycles. The number of carbonyl (C=O) groups is 1. The van der Waals surface area contributed by atoms with Crippen molar-refractivity contribution < 1.29 is 13.2 Å². The average molecular weight is 362 g/mol. The number of carbonyl (C=O) groups excluding carboxylic acids is 1. The van der Waals surface area contributed by atoms with Gasteiger partial charge in [0.25, 0.3) is 5.56 Å². The summed E-state index contributed by atoms with van der Waals surface area (Å²) >= 11 is 0. The van der Waals surface area contributed by atoms with E-state index < -0.39 is 15.7 Å². The zero-order valence-corrected chi connectivity index (χ0v) is 15.4. The Morgan fingerprint density at radius 2 is 1.76 bits per heavy atom. The maximum Gasteiger partial charge on any atom is 0.253 e. The van der Waals surface area contributed by atoms with Crippen LogP contribution in [-0.2, 0) is 21.2 Å². The minimum absolute atomic E-state index is 0.0743. The lowest BCUT2D eigenvalue weighted by Crippen LogP contribution is -2.29. The summed E-state index contributed by atoms with van der Waals surface area (Å²) in [5, 5.41) is 2.61. The minimum Gasteiger partial charge on any atom is -0.352 e. The highest BCUT2D eigenvalue weighted by Crippen LogP contribution is 2.13. The molecule has 0 aliphatic heterocycles. The van der Waals surface area contributed by atoms with Gasteiger partial charge in [0.15, 0.2) is 9.84 Å². The van der Waals surface area contributed by atoms with Crippen molar-refractivity contribution in [1.82, 2.24) is 10.3 Å². The number of sulfone groups is 1. The van der Waals surface area contributed by atoms with Gasteiger partial charge in [0.2, 0.25) is 5.91 Å². The first-order valence-corrected chi connectivity index (χ1v) is 9.60. The molecular weight excluding hydrogens is 340 g/mol. The number of nitrogens with one attached hydrogen (secondary N) is 2. The Kier molecular flexibility index (Phi) is 5.79. The third kappa shape index (κ3) is 5.03. The molecule has 134 valence electrons. The van der Waals surface area contributed by atoms with Crippen molar-refractivity contribution in [3.05, 3.63) is 63.1 Å². The molecule has 0 radical (unpaired) electrons. The number of hydrogen-bond acceptors (Lipinski definition) is 4. The quantitative estimate of drug-likeness (QED) is 0.819. The maximum absolute atomic E-state index is 12.2. The van der Waals surface area contributed by atoms with Crippen LogP contribution in [0.25, 0.3) is 0 Å². The summed E-state index contributed by atoms with van der Waals surface area (Å²) in [7, 11) is -3.51. The molecule has 2 aromatic rings. The monoisotopic (exact) mass is 362 g/mol. The van der Waals surface area contributed by atoms with E-state index in [2.05, 4.69) is 10.3 Å². The first-order chi connectivity index (χ1) is 11.7. The standard InChI is InChI=1S/C18H22N2O4S/c1-12-4-6-15(7-5-12)25(23,24)9-8-17(21)19-11-16-13(2)10-14(3)20-18(16)22/h4-7,10H,8-9,11H2,1-3H3,(H,19,21)(H,20,22). The number of pyridine rings is 1. The van der Waals surface area contributed by atoms with Gasteiger partial charge >= 0.3 is 0 Å². The Bertz CT molecular complexity index is 929. The molecule has 25 heavy (non-hydrogen) atoms. The molecule has 0 aliphatic rings. The minimum atomic E-state index is -3.51. The van der Waals surface area contributed by atoms with Gasteiger partial charge in [0.1, 0.15) is 0 Å². The third-order valence-electron chi connectivity index (χ3n) is 3.93.